The second kappa shape index (κ2) is 3.97. The highest BCUT2D eigenvalue weighted by molar-refractivity contribution is 4.98. The van der Waals surface area contributed by atoms with E-state index >= 15 is 0 Å². The summed E-state index contributed by atoms with van der Waals surface area (Å²) in [4.78, 5) is 2.61. The van der Waals surface area contributed by atoms with Crippen LogP contribution in [0, 0.1) is 0 Å². The lowest BCUT2D eigenvalue weighted by Gasteiger charge is -2.21. The van der Waals surface area contributed by atoms with Crippen LogP contribution < -0.4 is 5.73 Å². The van der Waals surface area contributed by atoms with Gasteiger partial charge in [0.2, 0.25) is 0 Å². The minimum Gasteiger partial charge on any atom is -0.325 e. The molecular weight excluding hydrogens is 160 g/mol. The monoisotopic (exact) mass is 182 g/mol. The molecule has 0 spiro atoms. The van der Waals surface area contributed by atoms with E-state index in [1.54, 1.807) is 0 Å². The molecule has 0 aromatic heterocycles. The number of likely N-dealkylation sites (tertiary alicyclic amines) is 1. The normalized spacial score (nSPS) is 28.4. The maximum absolute atomic E-state index is 6.08. The van der Waals surface area contributed by atoms with Crippen molar-refractivity contribution in [1.29, 1.82) is 0 Å². The molecule has 1 saturated heterocycles. The molecule has 0 atom stereocenters. The highest BCUT2D eigenvalue weighted by Gasteiger charge is 2.37. The number of hydrogen-bond donors (Lipinski definition) is 1. The highest BCUT2D eigenvalue weighted by atomic mass is 15.1. The Balaban J connectivity index is 1.67. The van der Waals surface area contributed by atoms with Crippen LogP contribution in [0.1, 0.15) is 44.9 Å². The smallest absolute Gasteiger partial charge is 0.0167 e. The maximum atomic E-state index is 6.08. The van der Waals surface area contributed by atoms with Crippen LogP contribution in [0.5, 0.6) is 0 Å². The van der Waals surface area contributed by atoms with Gasteiger partial charge in [-0.3, -0.25) is 0 Å². The van der Waals surface area contributed by atoms with Crippen molar-refractivity contribution in [3.8, 4) is 0 Å². The lowest BCUT2D eigenvalue weighted by molar-refractivity contribution is 0.270. The van der Waals surface area contributed by atoms with Crippen LogP contribution >= 0.6 is 0 Å². The fourth-order valence-electron chi connectivity index (χ4n) is 2.15. The molecule has 2 nitrogen and oxygen atoms in total. The average molecular weight is 182 g/mol. The van der Waals surface area contributed by atoms with E-state index in [1.165, 1.54) is 64.6 Å². The molecule has 2 N–H and O–H groups in total. The Bertz CT molecular complexity index is 155. The Morgan fingerprint density at radius 3 is 2.15 bits per heavy atom. The predicted octanol–water partition coefficient (Wildman–Crippen LogP) is 1.74. The van der Waals surface area contributed by atoms with Crippen molar-refractivity contribution >= 4 is 0 Å². The van der Waals surface area contributed by atoms with Crippen molar-refractivity contribution in [1.82, 2.24) is 4.90 Å². The van der Waals surface area contributed by atoms with Crippen LogP contribution in [0.3, 0.4) is 0 Å². The zero-order chi connectivity index (χ0) is 9.15. The lowest BCUT2D eigenvalue weighted by Crippen LogP contribution is -2.32. The molecule has 2 aliphatic rings. The van der Waals surface area contributed by atoms with Gasteiger partial charge in [0.05, 0.1) is 0 Å². The van der Waals surface area contributed by atoms with Crippen LogP contribution in [0.4, 0.5) is 0 Å². The highest BCUT2D eigenvalue weighted by Crippen LogP contribution is 2.35. The maximum Gasteiger partial charge on any atom is 0.0167 e. The summed E-state index contributed by atoms with van der Waals surface area (Å²) in [5, 5.41) is 0. The summed E-state index contributed by atoms with van der Waals surface area (Å²) in [6.45, 7) is 3.88. The van der Waals surface area contributed by atoms with E-state index in [0.29, 0.717) is 0 Å². The van der Waals surface area contributed by atoms with Crippen molar-refractivity contribution in [3.63, 3.8) is 0 Å². The van der Waals surface area contributed by atoms with Gasteiger partial charge < -0.3 is 10.6 Å². The third-order valence-electron chi connectivity index (χ3n) is 3.52. The predicted molar refractivity (Wildman–Crippen MR) is 55.7 cm³/mol. The third-order valence-corrected chi connectivity index (χ3v) is 3.52. The van der Waals surface area contributed by atoms with Crippen molar-refractivity contribution in [2.45, 2.75) is 50.5 Å². The Labute approximate surface area is 81.5 Å². The van der Waals surface area contributed by atoms with Gasteiger partial charge in [-0.1, -0.05) is 12.8 Å². The number of hydrogen-bond acceptors (Lipinski definition) is 2. The topological polar surface area (TPSA) is 29.3 Å². The summed E-state index contributed by atoms with van der Waals surface area (Å²) < 4.78 is 0. The Hall–Kier alpha value is -0.0800. The second-order valence-corrected chi connectivity index (χ2v) is 4.87. The van der Waals surface area contributed by atoms with Crippen LogP contribution in [0.15, 0.2) is 0 Å². The van der Waals surface area contributed by atoms with E-state index in [2.05, 4.69) is 4.90 Å². The molecule has 13 heavy (non-hydrogen) atoms. The van der Waals surface area contributed by atoms with Gasteiger partial charge in [0.1, 0.15) is 0 Å². The van der Waals surface area contributed by atoms with E-state index in [4.69, 9.17) is 5.73 Å². The van der Waals surface area contributed by atoms with Gasteiger partial charge in [0, 0.05) is 5.54 Å². The standard InChI is InChI=1S/C11H22N2/c12-11(5-6-11)7-10-13-8-3-1-2-4-9-13/h1-10,12H2. The number of nitrogens with two attached hydrogens (primary N) is 1. The minimum atomic E-state index is 0.256. The summed E-state index contributed by atoms with van der Waals surface area (Å²) >= 11 is 0. The molecule has 0 unspecified atom stereocenters. The van der Waals surface area contributed by atoms with Crippen LogP contribution in [-0.4, -0.2) is 30.1 Å². The van der Waals surface area contributed by atoms with Crippen LogP contribution in [-0.2, 0) is 0 Å². The molecule has 1 saturated carbocycles. The molecule has 0 aromatic carbocycles. The van der Waals surface area contributed by atoms with Crippen LogP contribution in [0.25, 0.3) is 0 Å². The Morgan fingerprint density at radius 1 is 1.00 bits per heavy atom. The number of nitrogens with zero attached hydrogens (tertiary/aromatic N) is 1. The fourth-order valence-corrected chi connectivity index (χ4v) is 2.15. The molecule has 0 amide bonds. The fraction of sp³-hybridized carbons (Fsp3) is 1.00. The van der Waals surface area contributed by atoms with Gasteiger partial charge in [-0.05, 0) is 51.7 Å². The van der Waals surface area contributed by atoms with Crippen molar-refractivity contribution in [2.24, 2.45) is 5.73 Å². The summed E-state index contributed by atoms with van der Waals surface area (Å²) in [5.74, 6) is 0. The first-order valence-electron chi connectivity index (χ1n) is 5.80. The van der Waals surface area contributed by atoms with Crippen LogP contribution in [0.2, 0.25) is 0 Å². The van der Waals surface area contributed by atoms with E-state index in [0.717, 1.165) is 0 Å². The molecule has 0 bridgehead atoms. The molecule has 0 radical (unpaired) electrons. The van der Waals surface area contributed by atoms with Crippen molar-refractivity contribution < 1.29 is 0 Å². The van der Waals surface area contributed by atoms with Gasteiger partial charge in [0.25, 0.3) is 0 Å². The first kappa shape index (κ1) is 9.47. The first-order chi connectivity index (χ1) is 6.29. The summed E-state index contributed by atoms with van der Waals surface area (Å²) in [6.07, 6.45) is 9.43. The van der Waals surface area contributed by atoms with E-state index in [9.17, 15) is 0 Å². The van der Waals surface area contributed by atoms with Crippen molar-refractivity contribution in [2.75, 3.05) is 19.6 Å². The molecule has 76 valence electrons. The Kier molecular flexibility index (Phi) is 2.89. The SMILES string of the molecule is NC1(CCN2CCCCCC2)CC1. The van der Waals surface area contributed by atoms with Crippen molar-refractivity contribution in [3.05, 3.63) is 0 Å². The van der Waals surface area contributed by atoms with Gasteiger partial charge >= 0.3 is 0 Å². The van der Waals surface area contributed by atoms with E-state index in [1.807, 2.05) is 0 Å². The summed E-state index contributed by atoms with van der Waals surface area (Å²) in [7, 11) is 0. The Morgan fingerprint density at radius 2 is 1.62 bits per heavy atom. The quantitative estimate of drug-likeness (QED) is 0.720. The van der Waals surface area contributed by atoms with E-state index in [-0.39, 0.29) is 5.54 Å². The zero-order valence-corrected chi connectivity index (χ0v) is 8.60. The zero-order valence-electron chi connectivity index (χ0n) is 8.60. The third kappa shape index (κ3) is 2.96. The minimum absolute atomic E-state index is 0.256. The van der Waals surface area contributed by atoms with Gasteiger partial charge in [-0.2, -0.15) is 0 Å². The average Bonchev–Trinajstić information content (AvgIpc) is 2.87. The second-order valence-electron chi connectivity index (χ2n) is 4.87. The molecule has 1 aliphatic carbocycles. The van der Waals surface area contributed by atoms with Gasteiger partial charge in [-0.25, -0.2) is 0 Å². The molecule has 2 heteroatoms. The molecule has 0 aromatic rings. The van der Waals surface area contributed by atoms with Gasteiger partial charge in [0.15, 0.2) is 0 Å². The lowest BCUT2D eigenvalue weighted by atomic mass is 10.2. The molecule has 1 aliphatic heterocycles. The summed E-state index contributed by atoms with van der Waals surface area (Å²) in [6, 6.07) is 0. The number of rotatable bonds is 3. The molecule has 2 fully saturated rings. The molecule has 2 rings (SSSR count). The van der Waals surface area contributed by atoms with E-state index < -0.39 is 0 Å². The summed E-state index contributed by atoms with van der Waals surface area (Å²) in [5.41, 5.74) is 6.33. The first-order valence-corrected chi connectivity index (χ1v) is 5.80. The van der Waals surface area contributed by atoms with Gasteiger partial charge in [-0.15, -0.1) is 0 Å². The molecular formula is C11H22N2. The molecule has 1 heterocycles. The largest absolute Gasteiger partial charge is 0.325 e.